The molecule has 1 amide bonds. The van der Waals surface area contributed by atoms with Crippen LogP contribution in [0, 0.1) is 0 Å². The smallest absolute Gasteiger partial charge is 0.356 e. The molecule has 68 valence electrons. The Bertz CT molecular complexity index is 349. The van der Waals surface area contributed by atoms with E-state index in [1.807, 2.05) is 0 Å². The molecule has 0 radical (unpaired) electrons. The molecule has 1 rings (SSSR count). The Morgan fingerprint density at radius 3 is 2.77 bits per heavy atom. The van der Waals surface area contributed by atoms with Crippen LogP contribution in [-0.4, -0.2) is 24.0 Å². The number of ether oxygens (including phenoxy) is 1. The van der Waals surface area contributed by atoms with Crippen molar-refractivity contribution in [1.29, 1.82) is 0 Å². The van der Waals surface area contributed by atoms with Gasteiger partial charge in [0, 0.05) is 11.8 Å². The molecule has 1 aromatic rings. The van der Waals surface area contributed by atoms with Crippen LogP contribution in [0.25, 0.3) is 0 Å². The van der Waals surface area contributed by atoms with Gasteiger partial charge in [0.1, 0.15) is 5.69 Å². The second-order valence-corrected chi connectivity index (χ2v) is 2.29. The van der Waals surface area contributed by atoms with Gasteiger partial charge in [-0.2, -0.15) is 0 Å². The van der Waals surface area contributed by atoms with Crippen LogP contribution in [-0.2, 0) is 4.74 Å². The molecule has 0 unspecified atom stereocenters. The molecule has 1 heterocycles. The third-order valence-corrected chi connectivity index (χ3v) is 1.44. The molecule has 0 bridgehead atoms. The van der Waals surface area contributed by atoms with Crippen molar-refractivity contribution >= 4 is 11.9 Å². The molecule has 13 heavy (non-hydrogen) atoms. The summed E-state index contributed by atoms with van der Waals surface area (Å²) in [5, 5.41) is 0. The summed E-state index contributed by atoms with van der Waals surface area (Å²) < 4.78 is 4.42. The zero-order valence-corrected chi connectivity index (χ0v) is 6.98. The second kappa shape index (κ2) is 3.66. The van der Waals surface area contributed by atoms with Crippen LogP contribution < -0.4 is 5.73 Å². The molecule has 0 spiro atoms. The van der Waals surface area contributed by atoms with Crippen LogP contribution in [0.3, 0.4) is 0 Å². The molecule has 0 saturated carbocycles. The minimum absolute atomic E-state index is 0.0683. The molecular formula is C8H8N2O3. The Balaban J connectivity index is 3.05. The standard InChI is InChI=1S/C8H8N2O3/c1-13-8(12)6-4-5(7(9)11)2-3-10-6/h2-4H,1H3,(H2,9,11). The highest BCUT2D eigenvalue weighted by Gasteiger charge is 2.09. The molecule has 5 heteroatoms. The molecule has 1 aromatic heterocycles. The van der Waals surface area contributed by atoms with E-state index in [1.54, 1.807) is 0 Å². The number of aromatic nitrogens is 1. The van der Waals surface area contributed by atoms with Gasteiger partial charge < -0.3 is 10.5 Å². The van der Waals surface area contributed by atoms with Crippen LogP contribution in [0.15, 0.2) is 18.3 Å². The summed E-state index contributed by atoms with van der Waals surface area (Å²) in [5.74, 6) is -1.20. The number of methoxy groups -OCH3 is 1. The van der Waals surface area contributed by atoms with Crippen molar-refractivity contribution in [3.05, 3.63) is 29.6 Å². The minimum Gasteiger partial charge on any atom is -0.464 e. The Morgan fingerprint density at radius 1 is 1.54 bits per heavy atom. The lowest BCUT2D eigenvalue weighted by Crippen LogP contribution is -2.13. The van der Waals surface area contributed by atoms with E-state index in [2.05, 4.69) is 9.72 Å². The Hall–Kier alpha value is -1.91. The van der Waals surface area contributed by atoms with Crippen molar-refractivity contribution in [2.24, 2.45) is 5.73 Å². The van der Waals surface area contributed by atoms with Crippen molar-refractivity contribution < 1.29 is 14.3 Å². The summed E-state index contributed by atoms with van der Waals surface area (Å²) in [7, 11) is 1.24. The Morgan fingerprint density at radius 2 is 2.23 bits per heavy atom. The predicted octanol–water partition coefficient (Wildman–Crippen LogP) is -0.0329. The average Bonchev–Trinajstić information content (AvgIpc) is 2.17. The number of carbonyl (C=O) groups excluding carboxylic acids is 2. The first-order valence-electron chi connectivity index (χ1n) is 3.49. The van der Waals surface area contributed by atoms with Crippen molar-refractivity contribution in [3.8, 4) is 0 Å². The van der Waals surface area contributed by atoms with E-state index in [-0.39, 0.29) is 11.3 Å². The van der Waals surface area contributed by atoms with Gasteiger partial charge in [0.05, 0.1) is 7.11 Å². The number of hydrogen-bond acceptors (Lipinski definition) is 4. The van der Waals surface area contributed by atoms with Gasteiger partial charge in [-0.15, -0.1) is 0 Å². The van der Waals surface area contributed by atoms with E-state index >= 15 is 0 Å². The molecule has 0 fully saturated rings. The summed E-state index contributed by atoms with van der Waals surface area (Å²) in [6.07, 6.45) is 1.33. The molecule has 0 aromatic carbocycles. The fraction of sp³-hybridized carbons (Fsp3) is 0.125. The highest BCUT2D eigenvalue weighted by Crippen LogP contribution is 2.01. The fourth-order valence-corrected chi connectivity index (χ4v) is 0.800. The summed E-state index contributed by atoms with van der Waals surface area (Å²) in [6.45, 7) is 0. The van der Waals surface area contributed by atoms with Gasteiger partial charge in [0.15, 0.2) is 0 Å². The first-order chi connectivity index (χ1) is 6.15. The van der Waals surface area contributed by atoms with Crippen molar-refractivity contribution in [2.75, 3.05) is 7.11 Å². The predicted molar refractivity (Wildman–Crippen MR) is 44.1 cm³/mol. The van der Waals surface area contributed by atoms with Crippen molar-refractivity contribution in [2.45, 2.75) is 0 Å². The molecule has 0 atom stereocenters. The highest BCUT2D eigenvalue weighted by molar-refractivity contribution is 5.95. The molecule has 5 nitrogen and oxygen atoms in total. The number of primary amides is 1. The van der Waals surface area contributed by atoms with Gasteiger partial charge in [-0.3, -0.25) is 4.79 Å². The quantitative estimate of drug-likeness (QED) is 0.647. The summed E-state index contributed by atoms with van der Waals surface area (Å²) in [4.78, 5) is 25.4. The molecular weight excluding hydrogens is 172 g/mol. The summed E-state index contributed by atoms with van der Waals surface area (Å²) in [6, 6.07) is 2.71. The van der Waals surface area contributed by atoms with Crippen LogP contribution in [0.1, 0.15) is 20.8 Å². The van der Waals surface area contributed by atoms with Crippen molar-refractivity contribution in [1.82, 2.24) is 4.98 Å². The third-order valence-electron chi connectivity index (χ3n) is 1.44. The second-order valence-electron chi connectivity index (χ2n) is 2.29. The monoisotopic (exact) mass is 180 g/mol. The van der Waals surface area contributed by atoms with E-state index in [1.165, 1.54) is 25.4 Å². The molecule has 0 saturated heterocycles. The molecule has 2 N–H and O–H groups in total. The maximum Gasteiger partial charge on any atom is 0.356 e. The van der Waals surface area contributed by atoms with E-state index in [0.717, 1.165) is 0 Å². The van der Waals surface area contributed by atoms with E-state index in [0.29, 0.717) is 0 Å². The lowest BCUT2D eigenvalue weighted by molar-refractivity contribution is 0.0594. The first kappa shape index (κ1) is 9.18. The first-order valence-corrected chi connectivity index (χ1v) is 3.49. The third kappa shape index (κ3) is 2.02. The van der Waals surface area contributed by atoms with E-state index < -0.39 is 11.9 Å². The van der Waals surface area contributed by atoms with E-state index in [9.17, 15) is 9.59 Å². The average molecular weight is 180 g/mol. The topological polar surface area (TPSA) is 82.3 Å². The van der Waals surface area contributed by atoms with Gasteiger partial charge in [-0.05, 0) is 12.1 Å². The van der Waals surface area contributed by atoms with Gasteiger partial charge >= 0.3 is 5.97 Å². The normalized spacial score (nSPS) is 9.31. The van der Waals surface area contributed by atoms with E-state index in [4.69, 9.17) is 5.73 Å². The molecule has 0 aliphatic carbocycles. The number of pyridine rings is 1. The number of hydrogen-bond donors (Lipinski definition) is 1. The van der Waals surface area contributed by atoms with Crippen molar-refractivity contribution in [3.63, 3.8) is 0 Å². The van der Waals surface area contributed by atoms with Gasteiger partial charge in [0.2, 0.25) is 5.91 Å². The number of carbonyl (C=O) groups is 2. The highest BCUT2D eigenvalue weighted by atomic mass is 16.5. The lowest BCUT2D eigenvalue weighted by Gasteiger charge is -1.98. The van der Waals surface area contributed by atoms with Gasteiger partial charge in [-0.1, -0.05) is 0 Å². The number of rotatable bonds is 2. The minimum atomic E-state index is -0.604. The number of nitrogens with two attached hydrogens (primary N) is 1. The summed E-state index contributed by atoms with van der Waals surface area (Å²) >= 11 is 0. The number of amides is 1. The van der Waals surface area contributed by atoms with Gasteiger partial charge in [0.25, 0.3) is 0 Å². The molecule has 0 aliphatic rings. The largest absolute Gasteiger partial charge is 0.464 e. The maximum absolute atomic E-state index is 11.0. The van der Waals surface area contributed by atoms with Crippen LogP contribution in [0.5, 0.6) is 0 Å². The SMILES string of the molecule is COC(=O)c1cc(C(N)=O)ccn1. The maximum atomic E-state index is 11.0. The summed E-state index contributed by atoms with van der Waals surface area (Å²) in [5.41, 5.74) is 5.31. The zero-order valence-electron chi connectivity index (χ0n) is 6.98. The fourth-order valence-electron chi connectivity index (χ4n) is 0.800. The Kier molecular flexibility index (Phi) is 2.59. The zero-order chi connectivity index (χ0) is 9.84. The van der Waals surface area contributed by atoms with Crippen LogP contribution in [0.4, 0.5) is 0 Å². The molecule has 0 aliphatic heterocycles. The van der Waals surface area contributed by atoms with Gasteiger partial charge in [-0.25, -0.2) is 9.78 Å². The lowest BCUT2D eigenvalue weighted by atomic mass is 10.2. The Labute approximate surface area is 74.5 Å². The number of esters is 1. The van der Waals surface area contributed by atoms with Crippen LogP contribution in [0.2, 0.25) is 0 Å². The van der Waals surface area contributed by atoms with Crippen LogP contribution >= 0.6 is 0 Å². The number of nitrogens with zero attached hydrogens (tertiary/aromatic N) is 1.